The maximum Gasteiger partial charge on any atom is 0.336 e. The van der Waals surface area contributed by atoms with Gasteiger partial charge in [0.2, 0.25) is 0 Å². The zero-order valence-electron chi connectivity index (χ0n) is 8.87. The van der Waals surface area contributed by atoms with Crippen molar-refractivity contribution in [1.82, 2.24) is 5.32 Å². The van der Waals surface area contributed by atoms with E-state index in [0.717, 1.165) is 0 Å². The normalized spacial score (nSPS) is 16.4. The molecule has 0 amide bonds. The molecule has 0 fully saturated rings. The Kier molecular flexibility index (Phi) is 4.51. The average Bonchev–Trinajstić information content (AvgIpc) is 2.01. The van der Waals surface area contributed by atoms with E-state index >= 15 is 0 Å². The minimum absolute atomic E-state index is 0.0230. The fraction of sp³-hybridized carbons (Fsp3) is 0.889. The molecule has 0 aliphatic heterocycles. The van der Waals surface area contributed by atoms with Gasteiger partial charge in [-0.25, -0.2) is 4.79 Å². The predicted octanol–water partition coefficient (Wildman–Crippen LogP) is -0.427. The molecule has 1 atom stereocenters. The van der Waals surface area contributed by atoms with Crippen LogP contribution in [0.5, 0.6) is 0 Å². The highest BCUT2D eigenvalue weighted by Crippen LogP contribution is 2.10. The number of aliphatic carboxylic acids is 1. The number of aliphatic hydroxyl groups excluding tert-OH is 1. The Hall–Kier alpha value is -0.650. The molecule has 0 aromatic rings. The Morgan fingerprint density at radius 1 is 1.36 bits per heavy atom. The fourth-order valence-corrected chi connectivity index (χ4v) is 0.855. The molecule has 84 valence electrons. The molecule has 1 unspecified atom stereocenters. The minimum atomic E-state index is -1.77. The zero-order chi connectivity index (χ0) is 11.4. The van der Waals surface area contributed by atoms with Crippen LogP contribution >= 0.6 is 0 Å². The SMILES string of the molecule is CC(C)(CCO)NCC(C)(O)C(=O)O. The van der Waals surface area contributed by atoms with Crippen LogP contribution in [-0.4, -0.2) is 45.6 Å². The van der Waals surface area contributed by atoms with Gasteiger partial charge in [0.15, 0.2) is 5.60 Å². The van der Waals surface area contributed by atoms with Crippen LogP contribution in [0.3, 0.4) is 0 Å². The zero-order valence-corrected chi connectivity index (χ0v) is 8.87. The first-order valence-electron chi connectivity index (χ1n) is 4.53. The predicted molar refractivity (Wildman–Crippen MR) is 52.0 cm³/mol. The van der Waals surface area contributed by atoms with Crippen molar-refractivity contribution in [2.75, 3.05) is 13.2 Å². The van der Waals surface area contributed by atoms with E-state index in [-0.39, 0.29) is 18.7 Å². The van der Waals surface area contributed by atoms with Crippen LogP contribution in [0, 0.1) is 0 Å². The number of aliphatic hydroxyl groups is 2. The van der Waals surface area contributed by atoms with E-state index in [0.29, 0.717) is 6.42 Å². The van der Waals surface area contributed by atoms with Gasteiger partial charge >= 0.3 is 5.97 Å². The Morgan fingerprint density at radius 3 is 2.21 bits per heavy atom. The summed E-state index contributed by atoms with van der Waals surface area (Å²) in [5.74, 6) is -1.26. The molecule has 0 bridgehead atoms. The maximum atomic E-state index is 10.6. The molecule has 4 N–H and O–H groups in total. The molecule has 0 heterocycles. The molecule has 0 saturated carbocycles. The summed E-state index contributed by atoms with van der Waals surface area (Å²) >= 11 is 0. The summed E-state index contributed by atoms with van der Waals surface area (Å²) in [7, 11) is 0. The van der Waals surface area contributed by atoms with Crippen molar-refractivity contribution in [2.24, 2.45) is 0 Å². The second-order valence-electron chi connectivity index (χ2n) is 4.29. The lowest BCUT2D eigenvalue weighted by Gasteiger charge is -2.29. The van der Waals surface area contributed by atoms with Gasteiger partial charge in [-0.05, 0) is 27.2 Å². The topological polar surface area (TPSA) is 89.8 Å². The lowest BCUT2D eigenvalue weighted by molar-refractivity contribution is -0.156. The first-order chi connectivity index (χ1) is 6.21. The summed E-state index contributed by atoms with van der Waals surface area (Å²) in [6.45, 7) is 4.88. The van der Waals surface area contributed by atoms with Gasteiger partial charge < -0.3 is 20.6 Å². The molecule has 0 aromatic carbocycles. The maximum absolute atomic E-state index is 10.6. The van der Waals surface area contributed by atoms with Crippen molar-refractivity contribution >= 4 is 5.97 Å². The number of hydrogen-bond donors (Lipinski definition) is 4. The van der Waals surface area contributed by atoms with Crippen LogP contribution in [0.4, 0.5) is 0 Å². The van der Waals surface area contributed by atoms with E-state index < -0.39 is 11.6 Å². The van der Waals surface area contributed by atoms with E-state index in [1.165, 1.54) is 6.92 Å². The van der Waals surface area contributed by atoms with Gasteiger partial charge in [-0.2, -0.15) is 0 Å². The number of nitrogens with one attached hydrogen (secondary N) is 1. The highest BCUT2D eigenvalue weighted by molar-refractivity contribution is 5.76. The standard InChI is InChI=1S/C9H19NO4/c1-8(2,4-5-11)10-6-9(3,14)7(12)13/h10-11,14H,4-6H2,1-3H3,(H,12,13). The summed E-state index contributed by atoms with van der Waals surface area (Å²) < 4.78 is 0. The van der Waals surface area contributed by atoms with E-state index in [2.05, 4.69) is 5.32 Å². The Balaban J connectivity index is 4.10. The fourth-order valence-electron chi connectivity index (χ4n) is 0.855. The molecule has 0 spiro atoms. The summed E-state index contributed by atoms with van der Waals surface area (Å²) in [5.41, 5.74) is -2.15. The van der Waals surface area contributed by atoms with Crippen LogP contribution in [0.15, 0.2) is 0 Å². The highest BCUT2D eigenvalue weighted by atomic mass is 16.4. The van der Waals surface area contributed by atoms with Crippen LogP contribution in [-0.2, 0) is 4.79 Å². The van der Waals surface area contributed by atoms with Crippen LogP contribution < -0.4 is 5.32 Å². The number of carboxylic acid groups (broad SMARTS) is 1. The van der Waals surface area contributed by atoms with Gasteiger partial charge in [-0.1, -0.05) is 0 Å². The van der Waals surface area contributed by atoms with Gasteiger partial charge in [0.25, 0.3) is 0 Å². The first kappa shape index (κ1) is 13.4. The number of hydrogen-bond acceptors (Lipinski definition) is 4. The summed E-state index contributed by atoms with van der Waals surface area (Å²) in [4.78, 5) is 10.6. The quantitative estimate of drug-likeness (QED) is 0.472. The van der Waals surface area contributed by atoms with Crippen molar-refractivity contribution in [3.8, 4) is 0 Å². The molecule has 0 radical (unpaired) electrons. The summed E-state index contributed by atoms with van der Waals surface area (Å²) in [6, 6.07) is 0. The van der Waals surface area contributed by atoms with Gasteiger partial charge in [0, 0.05) is 18.7 Å². The molecule has 0 saturated heterocycles. The molecule has 5 nitrogen and oxygen atoms in total. The molecule has 0 rings (SSSR count). The average molecular weight is 205 g/mol. The summed E-state index contributed by atoms with van der Waals surface area (Å²) in [6.07, 6.45) is 0.503. The van der Waals surface area contributed by atoms with Crippen molar-refractivity contribution in [1.29, 1.82) is 0 Å². The largest absolute Gasteiger partial charge is 0.479 e. The first-order valence-corrected chi connectivity index (χ1v) is 4.53. The van der Waals surface area contributed by atoms with Crippen LogP contribution in [0.2, 0.25) is 0 Å². The molecular formula is C9H19NO4. The monoisotopic (exact) mass is 205 g/mol. The molecular weight excluding hydrogens is 186 g/mol. The minimum Gasteiger partial charge on any atom is -0.479 e. The molecule has 0 aliphatic carbocycles. The highest BCUT2D eigenvalue weighted by Gasteiger charge is 2.31. The van der Waals surface area contributed by atoms with Gasteiger partial charge in [-0.15, -0.1) is 0 Å². The van der Waals surface area contributed by atoms with E-state index in [1.807, 2.05) is 13.8 Å². The van der Waals surface area contributed by atoms with E-state index in [4.69, 9.17) is 10.2 Å². The second-order valence-corrected chi connectivity index (χ2v) is 4.29. The molecule has 5 heteroatoms. The lowest BCUT2D eigenvalue weighted by Crippen LogP contribution is -2.51. The number of carbonyl (C=O) groups is 1. The molecule has 14 heavy (non-hydrogen) atoms. The number of β-amino-alcohol motifs (C(OH)–C–C–N with tert-alkyl or cyclic N) is 1. The third kappa shape index (κ3) is 4.55. The van der Waals surface area contributed by atoms with Gasteiger partial charge in [0.1, 0.15) is 0 Å². The van der Waals surface area contributed by atoms with Crippen molar-refractivity contribution in [2.45, 2.75) is 38.3 Å². The van der Waals surface area contributed by atoms with E-state index in [1.54, 1.807) is 0 Å². The van der Waals surface area contributed by atoms with Crippen molar-refractivity contribution in [3.63, 3.8) is 0 Å². The number of carboxylic acids is 1. The Morgan fingerprint density at radius 2 is 1.86 bits per heavy atom. The van der Waals surface area contributed by atoms with Crippen molar-refractivity contribution < 1.29 is 20.1 Å². The third-order valence-electron chi connectivity index (χ3n) is 2.11. The molecule has 0 aromatic heterocycles. The number of rotatable bonds is 6. The van der Waals surface area contributed by atoms with Crippen LogP contribution in [0.1, 0.15) is 27.2 Å². The lowest BCUT2D eigenvalue weighted by atomic mass is 9.99. The Labute approximate surface area is 83.8 Å². The summed E-state index contributed by atoms with van der Waals surface area (Å²) in [5, 5.41) is 29.6. The third-order valence-corrected chi connectivity index (χ3v) is 2.11. The van der Waals surface area contributed by atoms with Gasteiger partial charge in [-0.3, -0.25) is 0 Å². The smallest absolute Gasteiger partial charge is 0.336 e. The van der Waals surface area contributed by atoms with Gasteiger partial charge in [0.05, 0.1) is 0 Å². The van der Waals surface area contributed by atoms with Crippen LogP contribution in [0.25, 0.3) is 0 Å². The second kappa shape index (κ2) is 4.72. The Bertz CT molecular complexity index is 201. The molecule has 0 aliphatic rings. The van der Waals surface area contributed by atoms with E-state index in [9.17, 15) is 9.90 Å². The van der Waals surface area contributed by atoms with Crippen molar-refractivity contribution in [3.05, 3.63) is 0 Å².